The van der Waals surface area contributed by atoms with E-state index in [-0.39, 0.29) is 27.9 Å². The zero-order valence-corrected chi connectivity index (χ0v) is 24.5. The molecule has 1 unspecified atom stereocenters. The number of aliphatic hydroxyl groups is 1. The Morgan fingerprint density at radius 1 is 1.07 bits per heavy atom. The number of Topliss-reactive ketones (excluding diaryl/α,β-unsaturated/α-hetero) is 1. The third-order valence-electron chi connectivity index (χ3n) is 6.92. The first kappa shape index (κ1) is 29.1. The Balaban J connectivity index is 1.59. The summed E-state index contributed by atoms with van der Waals surface area (Å²) in [6.45, 7) is 6.96. The van der Waals surface area contributed by atoms with Crippen LogP contribution in [0.3, 0.4) is 0 Å². The van der Waals surface area contributed by atoms with E-state index < -0.39 is 23.7 Å². The number of rotatable bonds is 10. The van der Waals surface area contributed by atoms with Gasteiger partial charge in [0, 0.05) is 5.56 Å². The molecule has 3 heterocycles. The van der Waals surface area contributed by atoms with E-state index in [4.69, 9.17) is 18.9 Å². The minimum Gasteiger partial charge on any atom is -0.507 e. The molecule has 3 aromatic rings. The second kappa shape index (κ2) is 12.6. The molecule has 2 aliphatic heterocycles. The van der Waals surface area contributed by atoms with Crippen LogP contribution >= 0.6 is 11.3 Å². The molecule has 1 atom stereocenters. The van der Waals surface area contributed by atoms with Crippen molar-refractivity contribution in [3.8, 4) is 17.2 Å². The SMILES string of the molecule is CCCCCOc1ccc(C2C(=C(O)c3ccc4c(c3)OCCO4)C(=O)C(=O)N2c2nc(C)c(C(=O)OCC)s2)cc1. The summed E-state index contributed by atoms with van der Waals surface area (Å²) in [6.07, 6.45) is 3.08. The Morgan fingerprint density at radius 2 is 1.81 bits per heavy atom. The van der Waals surface area contributed by atoms with Gasteiger partial charge in [0.2, 0.25) is 0 Å². The van der Waals surface area contributed by atoms with E-state index in [2.05, 4.69) is 11.9 Å². The normalized spacial score (nSPS) is 17.4. The molecule has 1 fully saturated rings. The van der Waals surface area contributed by atoms with Crippen molar-refractivity contribution in [2.45, 2.75) is 46.1 Å². The topological polar surface area (TPSA) is 124 Å². The highest BCUT2D eigenvalue weighted by Crippen LogP contribution is 2.45. The summed E-state index contributed by atoms with van der Waals surface area (Å²) in [5.74, 6) is -1.08. The average molecular weight is 593 g/mol. The second-order valence-corrected chi connectivity index (χ2v) is 10.8. The lowest BCUT2D eigenvalue weighted by molar-refractivity contribution is -0.132. The molecule has 5 rings (SSSR count). The van der Waals surface area contributed by atoms with Crippen molar-refractivity contribution in [2.75, 3.05) is 31.3 Å². The Hall–Kier alpha value is -4.38. The maximum absolute atomic E-state index is 13.6. The van der Waals surface area contributed by atoms with Crippen molar-refractivity contribution in [3.05, 3.63) is 69.7 Å². The van der Waals surface area contributed by atoms with Gasteiger partial charge in [-0.15, -0.1) is 0 Å². The Kier molecular flexibility index (Phi) is 8.77. The third kappa shape index (κ3) is 5.69. The fraction of sp³-hybridized carbons (Fsp3) is 0.355. The number of thiazole rings is 1. The Bertz CT molecular complexity index is 1530. The molecule has 1 amide bonds. The number of fused-ring (bicyclic) bond motifs is 1. The number of nitrogens with zero attached hydrogens (tertiary/aromatic N) is 2. The molecular formula is C31H32N2O8S. The fourth-order valence-electron chi connectivity index (χ4n) is 4.85. The number of aliphatic hydroxyl groups excluding tert-OH is 1. The number of aryl methyl sites for hydroxylation is 1. The van der Waals surface area contributed by atoms with E-state index in [1.807, 2.05) is 0 Å². The van der Waals surface area contributed by atoms with Crippen LogP contribution in [0.1, 0.15) is 65.6 Å². The summed E-state index contributed by atoms with van der Waals surface area (Å²) in [4.78, 5) is 45.6. The molecule has 10 nitrogen and oxygen atoms in total. The number of unbranched alkanes of at least 4 members (excludes halogenated alkanes) is 2. The predicted octanol–water partition coefficient (Wildman–Crippen LogP) is 5.59. The lowest BCUT2D eigenvalue weighted by atomic mass is 9.95. The van der Waals surface area contributed by atoms with Gasteiger partial charge >= 0.3 is 11.9 Å². The number of carbonyl (C=O) groups is 3. The van der Waals surface area contributed by atoms with E-state index in [0.29, 0.717) is 53.9 Å². The van der Waals surface area contributed by atoms with Gasteiger partial charge in [-0.25, -0.2) is 9.78 Å². The van der Waals surface area contributed by atoms with Crippen LogP contribution in [0.15, 0.2) is 48.0 Å². The molecule has 42 heavy (non-hydrogen) atoms. The number of hydrogen-bond donors (Lipinski definition) is 1. The van der Waals surface area contributed by atoms with E-state index in [1.165, 1.54) is 4.90 Å². The summed E-state index contributed by atoms with van der Waals surface area (Å²) in [7, 11) is 0. The summed E-state index contributed by atoms with van der Waals surface area (Å²) in [5, 5.41) is 11.7. The standard InChI is InChI=1S/C31H32N2O8S/c1-4-6-7-14-39-21-11-8-19(9-12-21)25-24(26(34)20-10-13-22-23(17-20)41-16-15-40-22)27(35)29(36)33(25)31-32-18(3)28(42-31)30(37)38-5-2/h8-13,17,25,34H,4-7,14-16H2,1-3H3. The lowest BCUT2D eigenvalue weighted by Gasteiger charge is -2.23. The third-order valence-corrected chi connectivity index (χ3v) is 8.06. The number of amides is 1. The number of aromatic nitrogens is 1. The maximum Gasteiger partial charge on any atom is 0.350 e. The van der Waals surface area contributed by atoms with E-state index >= 15 is 0 Å². The van der Waals surface area contributed by atoms with Crippen molar-refractivity contribution < 1.29 is 38.4 Å². The van der Waals surface area contributed by atoms with Crippen LogP contribution in [-0.2, 0) is 14.3 Å². The Morgan fingerprint density at radius 3 is 2.52 bits per heavy atom. The molecule has 1 aromatic heterocycles. The van der Waals surface area contributed by atoms with Gasteiger partial charge in [-0.05, 0) is 56.2 Å². The lowest BCUT2D eigenvalue weighted by Crippen LogP contribution is -2.29. The smallest absolute Gasteiger partial charge is 0.350 e. The largest absolute Gasteiger partial charge is 0.507 e. The fourth-order valence-corrected chi connectivity index (χ4v) is 5.84. The second-order valence-electron chi connectivity index (χ2n) is 9.78. The maximum atomic E-state index is 13.6. The number of carbonyl (C=O) groups excluding carboxylic acids is 3. The molecule has 11 heteroatoms. The molecule has 0 spiro atoms. The Labute approximate surface area is 247 Å². The molecular weight excluding hydrogens is 560 g/mol. The van der Waals surface area contributed by atoms with E-state index in [1.54, 1.807) is 56.3 Å². The van der Waals surface area contributed by atoms with Gasteiger partial charge in [0.1, 0.15) is 29.6 Å². The number of anilines is 1. The van der Waals surface area contributed by atoms with Crippen molar-refractivity contribution in [1.82, 2.24) is 4.98 Å². The van der Waals surface area contributed by atoms with Crippen LogP contribution in [0, 0.1) is 6.92 Å². The van der Waals surface area contributed by atoms with Crippen LogP contribution in [0.5, 0.6) is 17.2 Å². The van der Waals surface area contributed by atoms with Crippen LogP contribution in [-0.4, -0.2) is 54.2 Å². The molecule has 1 N–H and O–H groups in total. The van der Waals surface area contributed by atoms with Crippen molar-refractivity contribution in [3.63, 3.8) is 0 Å². The van der Waals surface area contributed by atoms with Crippen molar-refractivity contribution in [1.29, 1.82) is 0 Å². The van der Waals surface area contributed by atoms with Crippen LogP contribution in [0.2, 0.25) is 0 Å². The molecule has 1 saturated heterocycles. The summed E-state index contributed by atoms with van der Waals surface area (Å²) < 4.78 is 22.2. The highest BCUT2D eigenvalue weighted by Gasteiger charge is 2.48. The van der Waals surface area contributed by atoms with Gasteiger partial charge in [-0.1, -0.05) is 43.2 Å². The average Bonchev–Trinajstić information content (AvgIpc) is 3.51. The van der Waals surface area contributed by atoms with E-state index in [0.717, 1.165) is 30.6 Å². The monoisotopic (exact) mass is 592 g/mol. The quantitative estimate of drug-likeness (QED) is 0.105. The van der Waals surface area contributed by atoms with Gasteiger partial charge < -0.3 is 24.1 Å². The van der Waals surface area contributed by atoms with Crippen LogP contribution in [0.25, 0.3) is 5.76 Å². The van der Waals surface area contributed by atoms with Gasteiger partial charge in [0.15, 0.2) is 16.6 Å². The first-order chi connectivity index (χ1) is 20.3. The zero-order chi connectivity index (χ0) is 29.8. The minimum absolute atomic E-state index is 0.112. The molecule has 0 radical (unpaired) electrons. The van der Waals surface area contributed by atoms with Gasteiger partial charge in [0.05, 0.1) is 30.5 Å². The van der Waals surface area contributed by atoms with Crippen molar-refractivity contribution >= 4 is 39.9 Å². The highest BCUT2D eigenvalue weighted by molar-refractivity contribution is 7.17. The number of esters is 1. The first-order valence-corrected chi connectivity index (χ1v) is 14.7. The minimum atomic E-state index is -1.02. The summed E-state index contributed by atoms with van der Waals surface area (Å²) >= 11 is 0.958. The first-order valence-electron chi connectivity index (χ1n) is 13.9. The van der Waals surface area contributed by atoms with Crippen LogP contribution < -0.4 is 19.1 Å². The van der Waals surface area contributed by atoms with Crippen LogP contribution in [0.4, 0.5) is 5.13 Å². The summed E-state index contributed by atoms with van der Waals surface area (Å²) in [5.41, 5.74) is 1.11. The molecule has 0 aliphatic carbocycles. The molecule has 0 saturated carbocycles. The van der Waals surface area contributed by atoms with Crippen molar-refractivity contribution in [2.24, 2.45) is 0 Å². The van der Waals surface area contributed by atoms with E-state index in [9.17, 15) is 19.5 Å². The molecule has 0 bridgehead atoms. The molecule has 2 aromatic carbocycles. The molecule has 220 valence electrons. The summed E-state index contributed by atoms with van der Waals surface area (Å²) in [6, 6.07) is 10.8. The number of benzene rings is 2. The van der Waals surface area contributed by atoms with Gasteiger partial charge in [-0.2, -0.15) is 0 Å². The predicted molar refractivity (Wildman–Crippen MR) is 156 cm³/mol. The number of ketones is 1. The van der Waals surface area contributed by atoms with Gasteiger partial charge in [-0.3, -0.25) is 14.5 Å². The highest BCUT2D eigenvalue weighted by atomic mass is 32.1. The molecule has 2 aliphatic rings. The van der Waals surface area contributed by atoms with Gasteiger partial charge in [0.25, 0.3) is 5.78 Å². The number of ether oxygens (including phenoxy) is 4. The number of hydrogen-bond acceptors (Lipinski definition) is 10. The zero-order valence-electron chi connectivity index (χ0n) is 23.7.